The van der Waals surface area contributed by atoms with Gasteiger partial charge in [-0.3, -0.25) is 0 Å². The topological polar surface area (TPSA) is 73.4 Å². The number of rotatable bonds is 7. The van der Waals surface area contributed by atoms with Gasteiger partial charge in [-0.2, -0.15) is 0 Å². The second kappa shape index (κ2) is 9.38. The summed E-state index contributed by atoms with van der Waals surface area (Å²) in [5.74, 6) is -1.38. The molecule has 0 amide bonds. The number of pyridine rings is 1. The van der Waals surface area contributed by atoms with Crippen molar-refractivity contribution >= 4 is 16.9 Å². The van der Waals surface area contributed by atoms with Crippen LogP contribution >= 0.6 is 0 Å². The standard InChI is InChI=1S/C25H22F2N2O4/c1-4-33-21-13-20-16(12-17(21)27)22(23(29-20)14-8-10-15(26)11-9-14)24(31-2)18-6-5-7-19(28-18)25(30)32-3/h5-13,24,29H,4H2,1-3H3. The Kier molecular flexibility index (Phi) is 6.37. The first-order valence-electron chi connectivity index (χ1n) is 10.3. The van der Waals surface area contributed by atoms with Gasteiger partial charge in [0.15, 0.2) is 11.6 Å². The normalized spacial score (nSPS) is 12.0. The zero-order chi connectivity index (χ0) is 23.5. The number of hydrogen-bond donors (Lipinski definition) is 1. The molecule has 4 aromatic rings. The number of halogens is 2. The fourth-order valence-corrected chi connectivity index (χ4v) is 3.80. The van der Waals surface area contributed by atoms with E-state index in [-0.39, 0.29) is 17.3 Å². The van der Waals surface area contributed by atoms with Gasteiger partial charge in [-0.25, -0.2) is 18.6 Å². The molecule has 0 aliphatic rings. The van der Waals surface area contributed by atoms with Gasteiger partial charge in [0.2, 0.25) is 0 Å². The Morgan fingerprint density at radius 2 is 1.85 bits per heavy atom. The molecule has 0 saturated carbocycles. The molecule has 1 N–H and O–H groups in total. The lowest BCUT2D eigenvalue weighted by Crippen LogP contribution is -2.11. The van der Waals surface area contributed by atoms with Crippen LogP contribution in [0.5, 0.6) is 5.75 Å². The van der Waals surface area contributed by atoms with Crippen LogP contribution in [0.2, 0.25) is 0 Å². The second-order valence-electron chi connectivity index (χ2n) is 7.24. The second-order valence-corrected chi connectivity index (χ2v) is 7.24. The molecule has 8 heteroatoms. The van der Waals surface area contributed by atoms with E-state index in [4.69, 9.17) is 14.2 Å². The zero-order valence-corrected chi connectivity index (χ0v) is 18.3. The minimum atomic E-state index is -0.763. The Labute approximate surface area is 189 Å². The molecule has 0 fully saturated rings. The van der Waals surface area contributed by atoms with Crippen molar-refractivity contribution in [2.45, 2.75) is 13.0 Å². The van der Waals surface area contributed by atoms with E-state index in [0.717, 1.165) is 0 Å². The van der Waals surface area contributed by atoms with Crippen LogP contribution in [0, 0.1) is 11.6 Å². The quantitative estimate of drug-likeness (QED) is 0.379. The molecule has 2 heterocycles. The highest BCUT2D eigenvalue weighted by Crippen LogP contribution is 2.40. The molecule has 0 radical (unpaired) electrons. The molecule has 2 aromatic heterocycles. The van der Waals surface area contributed by atoms with Gasteiger partial charge in [0.25, 0.3) is 0 Å². The molecule has 0 saturated heterocycles. The SMILES string of the molecule is CCOc1cc2[nH]c(-c3ccc(F)cc3)c(C(OC)c3cccc(C(=O)OC)n3)c2cc1F. The average Bonchev–Trinajstić information content (AvgIpc) is 3.18. The van der Waals surface area contributed by atoms with Crippen LogP contribution in [0.15, 0.2) is 54.6 Å². The summed E-state index contributed by atoms with van der Waals surface area (Å²) in [6, 6.07) is 13.8. The highest BCUT2D eigenvalue weighted by molar-refractivity contribution is 5.93. The third-order valence-corrected chi connectivity index (χ3v) is 5.26. The maximum absolute atomic E-state index is 14.8. The Morgan fingerprint density at radius 3 is 2.52 bits per heavy atom. The first kappa shape index (κ1) is 22.4. The number of carbonyl (C=O) groups excluding carboxylic acids is 1. The third-order valence-electron chi connectivity index (χ3n) is 5.26. The third kappa shape index (κ3) is 4.29. The number of esters is 1. The molecule has 33 heavy (non-hydrogen) atoms. The molecule has 0 aliphatic carbocycles. The Morgan fingerprint density at radius 1 is 1.09 bits per heavy atom. The lowest BCUT2D eigenvalue weighted by molar-refractivity contribution is 0.0592. The van der Waals surface area contributed by atoms with Crippen molar-refractivity contribution in [1.82, 2.24) is 9.97 Å². The average molecular weight is 452 g/mol. The number of benzene rings is 2. The van der Waals surface area contributed by atoms with Crippen molar-refractivity contribution in [3.63, 3.8) is 0 Å². The zero-order valence-electron chi connectivity index (χ0n) is 18.3. The molecule has 0 spiro atoms. The molecule has 0 bridgehead atoms. The molecule has 1 unspecified atom stereocenters. The molecule has 170 valence electrons. The number of H-pyrrole nitrogens is 1. The van der Waals surface area contributed by atoms with Crippen molar-refractivity contribution in [3.8, 4) is 17.0 Å². The molecule has 4 rings (SSSR count). The lowest BCUT2D eigenvalue weighted by atomic mass is 9.97. The number of aromatic amines is 1. The van der Waals surface area contributed by atoms with E-state index in [1.165, 1.54) is 38.5 Å². The van der Waals surface area contributed by atoms with Crippen molar-refractivity contribution in [1.29, 1.82) is 0 Å². The van der Waals surface area contributed by atoms with Gasteiger partial charge in [0.05, 0.1) is 30.6 Å². The molecule has 2 aromatic carbocycles. The van der Waals surface area contributed by atoms with Crippen LogP contribution in [-0.2, 0) is 9.47 Å². The van der Waals surface area contributed by atoms with Crippen LogP contribution < -0.4 is 4.74 Å². The van der Waals surface area contributed by atoms with Gasteiger partial charge in [0.1, 0.15) is 17.6 Å². The smallest absolute Gasteiger partial charge is 0.356 e. The van der Waals surface area contributed by atoms with Crippen LogP contribution in [0.1, 0.15) is 34.8 Å². The molecular formula is C25H22F2N2O4. The molecular weight excluding hydrogens is 430 g/mol. The summed E-state index contributed by atoms with van der Waals surface area (Å²) >= 11 is 0. The predicted octanol–water partition coefficient (Wildman–Crippen LogP) is 5.43. The number of ether oxygens (including phenoxy) is 3. The number of hydrogen-bond acceptors (Lipinski definition) is 5. The van der Waals surface area contributed by atoms with Gasteiger partial charge in [-0.15, -0.1) is 0 Å². The van der Waals surface area contributed by atoms with Gasteiger partial charge >= 0.3 is 5.97 Å². The predicted molar refractivity (Wildman–Crippen MR) is 119 cm³/mol. The van der Waals surface area contributed by atoms with E-state index in [1.807, 2.05) is 0 Å². The maximum atomic E-state index is 14.8. The van der Waals surface area contributed by atoms with E-state index in [1.54, 1.807) is 37.3 Å². The summed E-state index contributed by atoms with van der Waals surface area (Å²) in [7, 11) is 2.77. The Balaban J connectivity index is 1.97. The summed E-state index contributed by atoms with van der Waals surface area (Å²) in [5, 5.41) is 0.549. The van der Waals surface area contributed by atoms with Crippen LogP contribution in [0.25, 0.3) is 22.2 Å². The van der Waals surface area contributed by atoms with E-state index >= 15 is 0 Å². The molecule has 1 atom stereocenters. The van der Waals surface area contributed by atoms with Crippen molar-refractivity contribution in [2.24, 2.45) is 0 Å². The number of nitrogens with one attached hydrogen (secondary N) is 1. The summed E-state index contributed by atoms with van der Waals surface area (Å²) in [6.45, 7) is 2.08. The number of aromatic nitrogens is 2. The minimum absolute atomic E-state index is 0.114. The number of nitrogens with zero attached hydrogens (tertiary/aromatic N) is 1. The van der Waals surface area contributed by atoms with Crippen LogP contribution in [0.4, 0.5) is 8.78 Å². The first-order valence-corrected chi connectivity index (χ1v) is 10.3. The van der Waals surface area contributed by atoms with Gasteiger partial charge in [-0.05, 0) is 55.0 Å². The summed E-state index contributed by atoms with van der Waals surface area (Å²) < 4.78 is 44.4. The Bertz CT molecular complexity index is 1300. The van der Waals surface area contributed by atoms with E-state index < -0.39 is 17.9 Å². The number of carbonyl (C=O) groups is 1. The van der Waals surface area contributed by atoms with Gasteiger partial charge in [0, 0.05) is 24.1 Å². The fraction of sp³-hybridized carbons (Fsp3) is 0.200. The van der Waals surface area contributed by atoms with Crippen molar-refractivity contribution in [2.75, 3.05) is 20.8 Å². The molecule has 6 nitrogen and oxygen atoms in total. The number of fused-ring (bicyclic) bond motifs is 1. The first-order chi connectivity index (χ1) is 16.0. The Hall–Kier alpha value is -3.78. The lowest BCUT2D eigenvalue weighted by Gasteiger charge is -2.18. The van der Waals surface area contributed by atoms with Crippen LogP contribution in [0.3, 0.4) is 0 Å². The van der Waals surface area contributed by atoms with Gasteiger partial charge in [-0.1, -0.05) is 6.07 Å². The number of methoxy groups -OCH3 is 2. The summed E-state index contributed by atoms with van der Waals surface area (Å²) in [6.07, 6.45) is -0.763. The maximum Gasteiger partial charge on any atom is 0.356 e. The highest BCUT2D eigenvalue weighted by Gasteiger charge is 2.26. The fourth-order valence-electron chi connectivity index (χ4n) is 3.80. The summed E-state index contributed by atoms with van der Waals surface area (Å²) in [5.41, 5.74) is 3.03. The monoisotopic (exact) mass is 452 g/mol. The van der Waals surface area contributed by atoms with E-state index in [2.05, 4.69) is 9.97 Å². The van der Waals surface area contributed by atoms with E-state index in [9.17, 15) is 13.6 Å². The van der Waals surface area contributed by atoms with Crippen LogP contribution in [-0.4, -0.2) is 36.8 Å². The van der Waals surface area contributed by atoms with Gasteiger partial charge < -0.3 is 19.2 Å². The van der Waals surface area contributed by atoms with Crippen molar-refractivity contribution < 1.29 is 27.8 Å². The largest absolute Gasteiger partial charge is 0.491 e. The molecule has 0 aliphatic heterocycles. The van der Waals surface area contributed by atoms with Crippen molar-refractivity contribution in [3.05, 3.63) is 83.2 Å². The highest BCUT2D eigenvalue weighted by atomic mass is 19.1. The summed E-state index contributed by atoms with van der Waals surface area (Å²) in [4.78, 5) is 19.7. The minimum Gasteiger partial charge on any atom is -0.491 e. The van der Waals surface area contributed by atoms with E-state index in [0.29, 0.717) is 40.0 Å².